The zero-order chi connectivity index (χ0) is 8.72. The molecule has 0 fully saturated rings. The van der Waals surface area contributed by atoms with Gasteiger partial charge in [-0.3, -0.25) is 4.79 Å². The minimum absolute atomic E-state index is 0.352. The van der Waals surface area contributed by atoms with Crippen LogP contribution in [-0.4, -0.2) is 5.91 Å². The molecular formula is C7H4BrNOS2. The van der Waals surface area contributed by atoms with Crippen molar-refractivity contribution in [3.05, 3.63) is 20.8 Å². The molecule has 12 heavy (non-hydrogen) atoms. The number of carbonyl (C=O) groups excluding carboxylic acids is 1. The Morgan fingerprint density at radius 2 is 2.33 bits per heavy atom. The lowest BCUT2D eigenvalue weighted by Gasteiger charge is -1.82. The summed E-state index contributed by atoms with van der Waals surface area (Å²) in [5, 5.41) is 3.09. The number of nitrogens with two attached hydrogens (primary N) is 1. The van der Waals surface area contributed by atoms with Crippen LogP contribution in [0, 0.1) is 0 Å². The van der Waals surface area contributed by atoms with E-state index < -0.39 is 0 Å². The second kappa shape index (κ2) is 2.83. The first-order chi connectivity index (χ1) is 5.68. The molecule has 0 saturated heterocycles. The number of primary amides is 1. The number of thiophene rings is 2. The fourth-order valence-corrected chi connectivity index (χ4v) is 3.77. The van der Waals surface area contributed by atoms with E-state index in [4.69, 9.17) is 5.73 Å². The van der Waals surface area contributed by atoms with Crippen molar-refractivity contribution in [2.75, 3.05) is 0 Å². The van der Waals surface area contributed by atoms with Gasteiger partial charge in [0, 0.05) is 15.2 Å². The third kappa shape index (κ3) is 1.18. The van der Waals surface area contributed by atoms with Crippen molar-refractivity contribution in [1.82, 2.24) is 0 Å². The maximum atomic E-state index is 10.8. The van der Waals surface area contributed by atoms with E-state index in [1.165, 1.54) is 11.3 Å². The summed E-state index contributed by atoms with van der Waals surface area (Å²) < 4.78 is 2.17. The van der Waals surface area contributed by atoms with Crippen LogP contribution in [0.25, 0.3) is 9.40 Å². The Kier molecular flexibility index (Phi) is 1.94. The number of fused-ring (bicyclic) bond motifs is 1. The molecule has 0 radical (unpaired) electrons. The highest BCUT2D eigenvalue weighted by molar-refractivity contribution is 9.10. The van der Waals surface area contributed by atoms with Crippen molar-refractivity contribution in [2.45, 2.75) is 0 Å². The topological polar surface area (TPSA) is 43.1 Å². The molecule has 2 rings (SSSR count). The maximum absolute atomic E-state index is 10.8. The highest BCUT2D eigenvalue weighted by Gasteiger charge is 2.09. The summed E-state index contributed by atoms with van der Waals surface area (Å²) in [4.78, 5) is 11.4. The SMILES string of the molecule is NC(=O)c1cc2c(Br)csc2s1. The average Bonchev–Trinajstić information content (AvgIpc) is 2.53. The van der Waals surface area contributed by atoms with Crippen molar-refractivity contribution in [3.8, 4) is 0 Å². The Morgan fingerprint density at radius 3 is 2.92 bits per heavy atom. The van der Waals surface area contributed by atoms with Gasteiger partial charge in [0.2, 0.25) is 0 Å². The van der Waals surface area contributed by atoms with Gasteiger partial charge in [-0.1, -0.05) is 0 Å². The minimum atomic E-state index is -0.352. The number of hydrogen-bond donors (Lipinski definition) is 1. The molecule has 0 aliphatic carbocycles. The van der Waals surface area contributed by atoms with E-state index in [9.17, 15) is 4.79 Å². The van der Waals surface area contributed by atoms with Crippen LogP contribution in [0.1, 0.15) is 9.67 Å². The lowest BCUT2D eigenvalue weighted by Crippen LogP contribution is -2.08. The largest absolute Gasteiger partial charge is 0.365 e. The molecule has 0 bridgehead atoms. The number of carbonyl (C=O) groups is 1. The van der Waals surface area contributed by atoms with Crippen molar-refractivity contribution in [2.24, 2.45) is 5.73 Å². The molecule has 0 aliphatic rings. The summed E-state index contributed by atoms with van der Waals surface area (Å²) >= 11 is 6.45. The van der Waals surface area contributed by atoms with Crippen LogP contribution in [0.15, 0.2) is 15.9 Å². The van der Waals surface area contributed by atoms with E-state index in [0.29, 0.717) is 4.88 Å². The summed E-state index contributed by atoms with van der Waals surface area (Å²) in [6.07, 6.45) is 0. The van der Waals surface area contributed by atoms with E-state index in [2.05, 4.69) is 15.9 Å². The quantitative estimate of drug-likeness (QED) is 0.843. The van der Waals surface area contributed by atoms with Crippen LogP contribution in [0.2, 0.25) is 0 Å². The molecule has 0 atom stereocenters. The fraction of sp³-hybridized carbons (Fsp3) is 0. The third-order valence-electron chi connectivity index (χ3n) is 1.47. The Bertz CT molecular complexity index is 445. The highest BCUT2D eigenvalue weighted by atomic mass is 79.9. The van der Waals surface area contributed by atoms with Gasteiger partial charge >= 0.3 is 0 Å². The van der Waals surface area contributed by atoms with Gasteiger partial charge in [0.15, 0.2) is 0 Å². The lowest BCUT2D eigenvalue weighted by atomic mass is 10.3. The Labute approximate surface area is 85.1 Å². The van der Waals surface area contributed by atoms with Gasteiger partial charge < -0.3 is 5.73 Å². The fourth-order valence-electron chi connectivity index (χ4n) is 0.918. The van der Waals surface area contributed by atoms with Crippen molar-refractivity contribution in [1.29, 1.82) is 0 Å². The Hall–Kier alpha value is -0.390. The maximum Gasteiger partial charge on any atom is 0.258 e. The Morgan fingerprint density at radius 1 is 1.58 bits per heavy atom. The lowest BCUT2D eigenvalue weighted by molar-refractivity contribution is 0.100. The van der Waals surface area contributed by atoms with Crippen LogP contribution in [0.4, 0.5) is 0 Å². The van der Waals surface area contributed by atoms with Crippen molar-refractivity contribution in [3.63, 3.8) is 0 Å². The first-order valence-corrected chi connectivity index (χ1v) is 5.64. The molecule has 2 aromatic rings. The summed E-state index contributed by atoms with van der Waals surface area (Å²) in [6.45, 7) is 0. The number of amides is 1. The van der Waals surface area contributed by atoms with Gasteiger partial charge in [-0.05, 0) is 22.0 Å². The van der Waals surface area contributed by atoms with Crippen molar-refractivity contribution >= 4 is 53.9 Å². The smallest absolute Gasteiger partial charge is 0.258 e. The predicted molar refractivity (Wildman–Crippen MR) is 55.9 cm³/mol. The molecule has 62 valence electrons. The molecule has 1 amide bonds. The van der Waals surface area contributed by atoms with Crippen LogP contribution in [0.5, 0.6) is 0 Å². The molecule has 0 aromatic carbocycles. The zero-order valence-electron chi connectivity index (χ0n) is 5.83. The van der Waals surface area contributed by atoms with Gasteiger partial charge in [0.05, 0.1) is 8.89 Å². The summed E-state index contributed by atoms with van der Waals surface area (Å²) in [5.74, 6) is -0.352. The van der Waals surface area contributed by atoms with Crippen molar-refractivity contribution < 1.29 is 4.79 Å². The molecular weight excluding hydrogens is 258 g/mol. The van der Waals surface area contributed by atoms with Gasteiger partial charge in [0.25, 0.3) is 5.91 Å². The molecule has 5 heteroatoms. The second-order valence-electron chi connectivity index (χ2n) is 2.26. The van der Waals surface area contributed by atoms with Gasteiger partial charge in [-0.25, -0.2) is 0 Å². The molecule has 2 aromatic heterocycles. The van der Waals surface area contributed by atoms with Crippen LogP contribution < -0.4 is 5.73 Å². The number of hydrogen-bond acceptors (Lipinski definition) is 3. The van der Waals surface area contributed by atoms with E-state index in [1.54, 1.807) is 11.3 Å². The number of halogens is 1. The second-order valence-corrected chi connectivity index (χ2v) is 5.30. The van der Waals surface area contributed by atoms with E-state index >= 15 is 0 Å². The highest BCUT2D eigenvalue weighted by Crippen LogP contribution is 2.36. The van der Waals surface area contributed by atoms with E-state index in [0.717, 1.165) is 13.9 Å². The van der Waals surface area contributed by atoms with Gasteiger partial charge in [0.1, 0.15) is 0 Å². The molecule has 0 saturated carbocycles. The molecule has 2 N–H and O–H groups in total. The van der Waals surface area contributed by atoms with E-state index in [1.807, 2.05) is 11.4 Å². The first-order valence-electron chi connectivity index (χ1n) is 3.15. The summed E-state index contributed by atoms with van der Waals surface area (Å²) in [5.41, 5.74) is 5.15. The summed E-state index contributed by atoms with van der Waals surface area (Å²) in [6, 6.07) is 1.82. The number of rotatable bonds is 1. The Balaban J connectivity index is 2.70. The molecule has 0 spiro atoms. The van der Waals surface area contributed by atoms with Gasteiger partial charge in [-0.15, -0.1) is 22.7 Å². The van der Waals surface area contributed by atoms with Crippen LogP contribution in [0.3, 0.4) is 0 Å². The van der Waals surface area contributed by atoms with E-state index in [-0.39, 0.29) is 5.91 Å². The monoisotopic (exact) mass is 261 g/mol. The molecule has 2 nitrogen and oxygen atoms in total. The van der Waals surface area contributed by atoms with Crippen LogP contribution >= 0.6 is 38.6 Å². The van der Waals surface area contributed by atoms with Crippen LogP contribution in [-0.2, 0) is 0 Å². The third-order valence-corrected chi connectivity index (χ3v) is 4.70. The zero-order valence-corrected chi connectivity index (χ0v) is 9.05. The molecule has 0 unspecified atom stereocenters. The standard InChI is InChI=1S/C7H4BrNOS2/c8-4-2-11-7-3(4)1-5(12-7)6(9)10/h1-2H,(H2,9,10). The summed E-state index contributed by atoms with van der Waals surface area (Å²) in [7, 11) is 0. The van der Waals surface area contributed by atoms with Gasteiger partial charge in [-0.2, -0.15) is 0 Å². The minimum Gasteiger partial charge on any atom is -0.365 e. The first kappa shape index (κ1) is 8.22. The molecule has 2 heterocycles. The molecule has 0 aliphatic heterocycles. The predicted octanol–water partition coefficient (Wildman–Crippen LogP) is 2.82. The average molecular weight is 262 g/mol. The normalized spacial score (nSPS) is 10.8.